The number of nitrogen functional groups attached to an aromatic ring is 1. The number of aliphatic hydroxyl groups excluding tert-OH is 2. The Morgan fingerprint density at radius 1 is 1.59 bits per heavy atom. The van der Waals surface area contributed by atoms with E-state index in [1.54, 1.807) is 6.92 Å². The molecule has 0 aromatic carbocycles. The van der Waals surface area contributed by atoms with Crippen molar-refractivity contribution in [2.45, 2.75) is 25.6 Å². The molecule has 2 atom stereocenters. The van der Waals surface area contributed by atoms with Crippen LogP contribution in [-0.2, 0) is 9.53 Å². The number of ether oxygens (including phenoxy) is 1. The fraction of sp³-hybridized carbons (Fsp3) is 0.500. The average Bonchev–Trinajstić information content (AvgIpc) is 2.28. The number of carbonyl (C=O) groups is 1. The van der Waals surface area contributed by atoms with Gasteiger partial charge in [-0.2, -0.15) is 0 Å². The summed E-state index contributed by atoms with van der Waals surface area (Å²) in [6, 6.07) is 0. The van der Waals surface area contributed by atoms with Crippen molar-refractivity contribution in [3.63, 3.8) is 0 Å². The van der Waals surface area contributed by atoms with Crippen molar-refractivity contribution in [2.24, 2.45) is 0 Å². The van der Waals surface area contributed by atoms with Gasteiger partial charge in [0.05, 0.1) is 19.6 Å². The van der Waals surface area contributed by atoms with Gasteiger partial charge in [-0.25, -0.2) is 9.97 Å². The molecule has 0 aliphatic heterocycles. The Labute approximate surface area is 98.3 Å². The largest absolute Gasteiger partial charge is 0.469 e. The first-order valence-corrected chi connectivity index (χ1v) is 4.97. The van der Waals surface area contributed by atoms with E-state index in [9.17, 15) is 15.0 Å². The molecular formula is C10H15N3O4. The number of aromatic nitrogens is 2. The molecule has 1 aromatic rings. The SMILES string of the molecule is COC(=O)CC(O)C(O)c1cnc(N)nc1C. The highest BCUT2D eigenvalue weighted by molar-refractivity contribution is 5.69. The van der Waals surface area contributed by atoms with Gasteiger partial charge in [0.15, 0.2) is 0 Å². The van der Waals surface area contributed by atoms with Crippen LogP contribution in [0.15, 0.2) is 6.20 Å². The molecule has 0 aliphatic carbocycles. The predicted molar refractivity (Wildman–Crippen MR) is 58.8 cm³/mol. The molecule has 0 saturated carbocycles. The number of esters is 1. The fourth-order valence-corrected chi connectivity index (χ4v) is 1.36. The maximum Gasteiger partial charge on any atom is 0.308 e. The van der Waals surface area contributed by atoms with E-state index in [1.165, 1.54) is 13.3 Å². The number of hydrogen-bond donors (Lipinski definition) is 3. The van der Waals surface area contributed by atoms with Crippen LogP contribution in [0.3, 0.4) is 0 Å². The van der Waals surface area contributed by atoms with Crippen LogP contribution in [0.25, 0.3) is 0 Å². The first-order valence-electron chi connectivity index (χ1n) is 4.97. The quantitative estimate of drug-likeness (QED) is 0.598. The van der Waals surface area contributed by atoms with Crippen molar-refractivity contribution in [1.29, 1.82) is 0 Å². The zero-order valence-electron chi connectivity index (χ0n) is 9.62. The normalized spacial score (nSPS) is 14.1. The Bertz CT molecular complexity index is 411. The lowest BCUT2D eigenvalue weighted by molar-refractivity contribution is -0.144. The molecule has 0 amide bonds. The van der Waals surface area contributed by atoms with Crippen LogP contribution < -0.4 is 5.73 Å². The first-order chi connectivity index (χ1) is 7.95. The first kappa shape index (κ1) is 13.3. The van der Waals surface area contributed by atoms with E-state index in [0.29, 0.717) is 11.3 Å². The van der Waals surface area contributed by atoms with Gasteiger partial charge in [0, 0.05) is 17.5 Å². The third-order valence-electron chi connectivity index (χ3n) is 2.32. The number of hydrogen-bond acceptors (Lipinski definition) is 7. The Morgan fingerprint density at radius 3 is 2.76 bits per heavy atom. The monoisotopic (exact) mass is 241 g/mol. The zero-order valence-corrected chi connectivity index (χ0v) is 9.62. The number of rotatable bonds is 4. The Balaban J connectivity index is 2.81. The number of nitrogens with two attached hydrogens (primary N) is 1. The number of aliphatic hydroxyl groups is 2. The molecule has 94 valence electrons. The van der Waals surface area contributed by atoms with Crippen LogP contribution in [0.1, 0.15) is 23.8 Å². The molecule has 1 heterocycles. The lowest BCUT2D eigenvalue weighted by atomic mass is 10.0. The highest BCUT2D eigenvalue weighted by atomic mass is 16.5. The molecule has 0 radical (unpaired) electrons. The third kappa shape index (κ3) is 3.36. The zero-order chi connectivity index (χ0) is 13.0. The summed E-state index contributed by atoms with van der Waals surface area (Å²) in [7, 11) is 1.21. The Hall–Kier alpha value is -1.73. The van der Waals surface area contributed by atoms with Crippen molar-refractivity contribution in [3.05, 3.63) is 17.5 Å². The summed E-state index contributed by atoms with van der Waals surface area (Å²) in [6.45, 7) is 1.63. The van der Waals surface area contributed by atoms with Crippen LogP contribution in [0.2, 0.25) is 0 Å². The molecule has 0 spiro atoms. The second kappa shape index (κ2) is 5.55. The smallest absolute Gasteiger partial charge is 0.308 e. The van der Waals surface area contributed by atoms with Crippen LogP contribution in [0.4, 0.5) is 5.95 Å². The van der Waals surface area contributed by atoms with E-state index < -0.39 is 18.2 Å². The summed E-state index contributed by atoms with van der Waals surface area (Å²) in [5.41, 5.74) is 6.15. The van der Waals surface area contributed by atoms with Crippen molar-refractivity contribution in [2.75, 3.05) is 12.8 Å². The minimum atomic E-state index is -1.27. The molecule has 4 N–H and O–H groups in total. The molecule has 1 aromatic heterocycles. The van der Waals surface area contributed by atoms with Crippen molar-refractivity contribution in [1.82, 2.24) is 9.97 Å². The summed E-state index contributed by atoms with van der Waals surface area (Å²) >= 11 is 0. The highest BCUT2D eigenvalue weighted by Crippen LogP contribution is 2.21. The standard InChI is InChI=1S/C10H15N3O4/c1-5-6(4-12-10(11)13-5)9(16)7(14)3-8(15)17-2/h4,7,9,14,16H,3H2,1-2H3,(H2,11,12,13). The molecule has 0 bridgehead atoms. The van der Waals surface area contributed by atoms with Gasteiger partial charge in [-0.05, 0) is 6.92 Å². The number of aryl methyl sites for hydroxylation is 1. The molecule has 1 rings (SSSR count). The molecule has 17 heavy (non-hydrogen) atoms. The van der Waals surface area contributed by atoms with Gasteiger partial charge in [0.2, 0.25) is 5.95 Å². The summed E-state index contributed by atoms with van der Waals surface area (Å²) < 4.78 is 4.39. The molecular weight excluding hydrogens is 226 g/mol. The van der Waals surface area contributed by atoms with E-state index in [2.05, 4.69) is 14.7 Å². The number of carbonyl (C=O) groups excluding carboxylic acids is 1. The molecule has 0 fully saturated rings. The maximum absolute atomic E-state index is 11.0. The van der Waals surface area contributed by atoms with Crippen LogP contribution >= 0.6 is 0 Å². The number of nitrogens with zero attached hydrogens (tertiary/aromatic N) is 2. The van der Waals surface area contributed by atoms with Gasteiger partial charge in [-0.15, -0.1) is 0 Å². The molecule has 0 aliphatic rings. The summed E-state index contributed by atoms with van der Waals surface area (Å²) in [4.78, 5) is 18.5. The minimum absolute atomic E-state index is 0.0842. The van der Waals surface area contributed by atoms with Gasteiger partial charge in [-0.3, -0.25) is 4.79 Å². The van der Waals surface area contributed by atoms with Gasteiger partial charge in [0.1, 0.15) is 6.10 Å². The lowest BCUT2D eigenvalue weighted by Gasteiger charge is -2.18. The van der Waals surface area contributed by atoms with Crippen LogP contribution in [0, 0.1) is 6.92 Å². The number of methoxy groups -OCH3 is 1. The van der Waals surface area contributed by atoms with Gasteiger partial charge in [-0.1, -0.05) is 0 Å². The average molecular weight is 241 g/mol. The summed E-state index contributed by atoms with van der Waals surface area (Å²) in [6.07, 6.45) is -1.51. The molecule has 7 heteroatoms. The topological polar surface area (TPSA) is 119 Å². The predicted octanol–water partition coefficient (Wildman–Crippen LogP) is -0.675. The second-order valence-corrected chi connectivity index (χ2v) is 3.56. The fourth-order valence-electron chi connectivity index (χ4n) is 1.36. The van der Waals surface area contributed by atoms with E-state index in [0.717, 1.165) is 0 Å². The molecule has 7 nitrogen and oxygen atoms in total. The van der Waals surface area contributed by atoms with Crippen molar-refractivity contribution >= 4 is 11.9 Å². The van der Waals surface area contributed by atoms with Crippen LogP contribution in [-0.4, -0.2) is 39.4 Å². The maximum atomic E-state index is 11.0. The molecule has 2 unspecified atom stereocenters. The van der Waals surface area contributed by atoms with Gasteiger partial charge < -0.3 is 20.7 Å². The Kier molecular flexibility index (Phi) is 4.36. The lowest BCUT2D eigenvalue weighted by Crippen LogP contribution is -2.23. The third-order valence-corrected chi connectivity index (χ3v) is 2.32. The second-order valence-electron chi connectivity index (χ2n) is 3.56. The Morgan fingerprint density at radius 2 is 2.24 bits per heavy atom. The molecule has 0 saturated heterocycles. The van der Waals surface area contributed by atoms with Crippen molar-refractivity contribution < 1.29 is 19.7 Å². The van der Waals surface area contributed by atoms with Crippen LogP contribution in [0.5, 0.6) is 0 Å². The number of anilines is 1. The summed E-state index contributed by atoms with van der Waals surface area (Å²) in [5, 5.41) is 19.5. The van der Waals surface area contributed by atoms with E-state index in [1.807, 2.05) is 0 Å². The van der Waals surface area contributed by atoms with Gasteiger partial charge >= 0.3 is 5.97 Å². The minimum Gasteiger partial charge on any atom is -0.469 e. The van der Waals surface area contributed by atoms with E-state index >= 15 is 0 Å². The van der Waals surface area contributed by atoms with E-state index in [-0.39, 0.29) is 12.4 Å². The van der Waals surface area contributed by atoms with Gasteiger partial charge in [0.25, 0.3) is 0 Å². The van der Waals surface area contributed by atoms with E-state index in [4.69, 9.17) is 5.73 Å². The van der Waals surface area contributed by atoms with Crippen molar-refractivity contribution in [3.8, 4) is 0 Å². The summed E-state index contributed by atoms with van der Waals surface area (Å²) in [5.74, 6) is -0.522. The highest BCUT2D eigenvalue weighted by Gasteiger charge is 2.24.